The molecule has 0 aliphatic carbocycles. The summed E-state index contributed by atoms with van der Waals surface area (Å²) >= 11 is 0. The maximum atomic E-state index is 13.1. The average Bonchev–Trinajstić information content (AvgIpc) is 1.83. The van der Waals surface area contributed by atoms with Crippen LogP contribution in [0.1, 0.15) is 401 Å². The van der Waals surface area contributed by atoms with Crippen LogP contribution >= 0.6 is 15.6 Å². The summed E-state index contributed by atoms with van der Waals surface area (Å²) in [5, 5.41) is 10.6. The summed E-state index contributed by atoms with van der Waals surface area (Å²) in [5.74, 6) is -1.42. The van der Waals surface area contributed by atoms with Gasteiger partial charge >= 0.3 is 39.5 Å². The zero-order valence-electron chi connectivity index (χ0n) is 61.8. The Morgan fingerprint density at radius 3 is 0.716 bits per heavy atom. The molecule has 0 saturated carbocycles. The summed E-state index contributed by atoms with van der Waals surface area (Å²) in [5.41, 5.74) is 0. The quantitative estimate of drug-likeness (QED) is 0.0222. The predicted octanol–water partition coefficient (Wildman–Crippen LogP) is 22.5. The molecule has 0 rings (SSSR count). The summed E-state index contributed by atoms with van der Waals surface area (Å²) in [4.78, 5) is 72.7. The van der Waals surface area contributed by atoms with Gasteiger partial charge in [-0.2, -0.15) is 0 Å². The van der Waals surface area contributed by atoms with Gasteiger partial charge in [0.1, 0.15) is 19.3 Å². The van der Waals surface area contributed by atoms with E-state index in [0.717, 1.165) is 89.9 Å². The highest BCUT2D eigenvalue weighted by Gasteiger charge is 2.30. The minimum atomic E-state index is -4.96. The van der Waals surface area contributed by atoms with Crippen LogP contribution in [0.3, 0.4) is 0 Å². The molecular weight excluding hydrogens is 1250 g/mol. The molecule has 0 fully saturated rings. The molecule has 95 heavy (non-hydrogen) atoms. The van der Waals surface area contributed by atoms with Gasteiger partial charge in [0.25, 0.3) is 0 Å². The third-order valence-electron chi connectivity index (χ3n) is 17.8. The highest BCUT2D eigenvalue weighted by Crippen LogP contribution is 2.45. The van der Waals surface area contributed by atoms with Gasteiger partial charge in [0.2, 0.25) is 0 Å². The molecule has 564 valence electrons. The fourth-order valence-electron chi connectivity index (χ4n) is 11.7. The summed E-state index contributed by atoms with van der Waals surface area (Å²) in [6.07, 6.45) is 58.4. The van der Waals surface area contributed by atoms with Crippen LogP contribution in [0.5, 0.6) is 0 Å². The van der Waals surface area contributed by atoms with E-state index < -0.39 is 97.5 Å². The summed E-state index contributed by atoms with van der Waals surface area (Å²) in [6.45, 7) is 7.22. The van der Waals surface area contributed by atoms with Crippen molar-refractivity contribution in [3.05, 3.63) is 0 Å². The number of unbranched alkanes of at least 4 members (excludes halogenated alkanes) is 48. The van der Waals surface area contributed by atoms with E-state index in [0.29, 0.717) is 31.6 Å². The molecule has 0 spiro atoms. The van der Waals surface area contributed by atoms with Crippen molar-refractivity contribution in [3.63, 3.8) is 0 Å². The largest absolute Gasteiger partial charge is 0.472 e. The molecule has 0 aliphatic rings. The van der Waals surface area contributed by atoms with Gasteiger partial charge in [0, 0.05) is 25.7 Å². The van der Waals surface area contributed by atoms with Crippen LogP contribution in [0.25, 0.3) is 0 Å². The van der Waals surface area contributed by atoms with E-state index in [1.807, 2.05) is 0 Å². The summed E-state index contributed by atoms with van der Waals surface area (Å²) in [7, 11) is -9.91. The molecule has 0 radical (unpaired) electrons. The fourth-order valence-corrected chi connectivity index (χ4v) is 13.3. The number of hydrogen-bond donors (Lipinski definition) is 3. The third kappa shape index (κ3) is 70.3. The molecule has 5 atom stereocenters. The smallest absolute Gasteiger partial charge is 0.462 e. The van der Waals surface area contributed by atoms with Gasteiger partial charge in [0.05, 0.1) is 26.4 Å². The number of aliphatic hydroxyl groups is 1. The molecule has 19 heteroatoms. The Morgan fingerprint density at radius 1 is 0.284 bits per heavy atom. The Balaban J connectivity index is 5.20. The maximum Gasteiger partial charge on any atom is 0.472 e. The fraction of sp³-hybridized carbons (Fsp3) is 0.947. The molecule has 0 aromatic carbocycles. The molecule has 17 nitrogen and oxygen atoms in total. The van der Waals surface area contributed by atoms with Gasteiger partial charge < -0.3 is 33.8 Å². The van der Waals surface area contributed by atoms with E-state index in [2.05, 4.69) is 34.6 Å². The highest BCUT2D eigenvalue weighted by atomic mass is 31.2. The van der Waals surface area contributed by atoms with Crippen molar-refractivity contribution in [2.24, 2.45) is 5.92 Å². The molecule has 0 amide bonds. The topological polar surface area (TPSA) is 237 Å². The van der Waals surface area contributed by atoms with Crippen LogP contribution in [0, 0.1) is 5.92 Å². The van der Waals surface area contributed by atoms with Crippen molar-refractivity contribution >= 4 is 39.5 Å². The van der Waals surface area contributed by atoms with Gasteiger partial charge in [-0.25, -0.2) is 9.13 Å². The monoisotopic (exact) mass is 1400 g/mol. The molecule has 0 aromatic rings. The van der Waals surface area contributed by atoms with Crippen LogP contribution in [-0.2, 0) is 65.4 Å². The zero-order valence-corrected chi connectivity index (χ0v) is 63.6. The molecule has 2 unspecified atom stereocenters. The first kappa shape index (κ1) is 93.1. The second-order valence-corrected chi connectivity index (χ2v) is 30.8. The predicted molar refractivity (Wildman–Crippen MR) is 386 cm³/mol. The van der Waals surface area contributed by atoms with E-state index in [1.54, 1.807) is 0 Å². The Bertz CT molecular complexity index is 1820. The first-order valence-electron chi connectivity index (χ1n) is 39.6. The first-order chi connectivity index (χ1) is 46.0. The number of ether oxygens (including phenoxy) is 4. The molecular formula is C76H148O17P2. The standard InChI is InChI=1S/C76H148O17P2/c1-6-9-12-15-18-21-24-26-28-29-30-31-32-34-36-38-41-46-51-56-61-75(80)92-71(65-87-74(79)60-55-50-45-40-37-35-33-27-25-22-19-16-13-10-7-2)67-90-94(82,83)88-63-70(77)64-89-95(84,85)91-68-72(93-76(81)62-57-52-47-42-43-48-53-58-69(4)5)66-86-73(78)59-54-49-44-39-23-20-17-14-11-8-3/h69-72,77H,6-68H2,1-5H3,(H,82,83)(H,84,85)/t70-,71-,72-/m1/s1. The van der Waals surface area contributed by atoms with Crippen molar-refractivity contribution in [2.45, 2.75) is 419 Å². The number of carbonyl (C=O) groups is 4. The van der Waals surface area contributed by atoms with E-state index in [4.69, 9.17) is 37.0 Å². The van der Waals surface area contributed by atoms with E-state index in [9.17, 15) is 43.2 Å². The Kier molecular flexibility index (Phi) is 67.7. The number of rotatable bonds is 76. The molecule has 0 saturated heterocycles. The minimum Gasteiger partial charge on any atom is -0.462 e. The van der Waals surface area contributed by atoms with E-state index in [-0.39, 0.29) is 25.7 Å². The van der Waals surface area contributed by atoms with E-state index in [1.165, 1.54) is 225 Å². The van der Waals surface area contributed by atoms with Crippen molar-refractivity contribution < 1.29 is 80.2 Å². The second-order valence-electron chi connectivity index (χ2n) is 27.9. The Hall–Kier alpha value is -1.94. The van der Waals surface area contributed by atoms with Crippen LogP contribution in [0.2, 0.25) is 0 Å². The van der Waals surface area contributed by atoms with Crippen molar-refractivity contribution in [3.8, 4) is 0 Å². The first-order valence-corrected chi connectivity index (χ1v) is 42.6. The van der Waals surface area contributed by atoms with Gasteiger partial charge in [-0.3, -0.25) is 37.3 Å². The normalized spacial score (nSPS) is 13.9. The lowest BCUT2D eigenvalue weighted by atomic mass is 10.0. The van der Waals surface area contributed by atoms with Gasteiger partial charge in [-0.15, -0.1) is 0 Å². The van der Waals surface area contributed by atoms with E-state index >= 15 is 0 Å². The lowest BCUT2D eigenvalue weighted by Gasteiger charge is -2.21. The number of aliphatic hydroxyl groups excluding tert-OH is 1. The lowest BCUT2D eigenvalue weighted by molar-refractivity contribution is -0.161. The van der Waals surface area contributed by atoms with Crippen LogP contribution in [0.4, 0.5) is 0 Å². The van der Waals surface area contributed by atoms with Crippen molar-refractivity contribution in [1.29, 1.82) is 0 Å². The van der Waals surface area contributed by atoms with Crippen molar-refractivity contribution in [1.82, 2.24) is 0 Å². The Labute approximate surface area is 581 Å². The molecule has 0 heterocycles. The molecule has 0 aliphatic heterocycles. The van der Waals surface area contributed by atoms with Crippen molar-refractivity contribution in [2.75, 3.05) is 39.6 Å². The van der Waals surface area contributed by atoms with Gasteiger partial charge in [-0.1, -0.05) is 349 Å². The average molecular weight is 1400 g/mol. The minimum absolute atomic E-state index is 0.104. The number of hydrogen-bond acceptors (Lipinski definition) is 15. The number of carbonyl (C=O) groups excluding carboxylic acids is 4. The summed E-state index contributed by atoms with van der Waals surface area (Å²) in [6, 6.07) is 0. The Morgan fingerprint density at radius 2 is 0.484 bits per heavy atom. The van der Waals surface area contributed by atoms with Gasteiger partial charge in [0.15, 0.2) is 12.2 Å². The van der Waals surface area contributed by atoms with Crippen LogP contribution in [0.15, 0.2) is 0 Å². The highest BCUT2D eigenvalue weighted by molar-refractivity contribution is 7.47. The van der Waals surface area contributed by atoms with Crippen LogP contribution < -0.4 is 0 Å². The van der Waals surface area contributed by atoms with Gasteiger partial charge in [-0.05, 0) is 31.6 Å². The lowest BCUT2D eigenvalue weighted by Crippen LogP contribution is -2.30. The second kappa shape index (κ2) is 69.2. The number of phosphoric ester groups is 2. The SMILES string of the molecule is CCCCCCCCCCCCCCCCCCCCCCC(=O)O[C@H](COC(=O)CCCCCCCCCCCCCCCCC)COP(=O)(O)OC[C@@H](O)COP(=O)(O)OC[C@@H](COC(=O)CCCCCCCCCCCC)OC(=O)CCCCCCCCCC(C)C. The third-order valence-corrected chi connectivity index (χ3v) is 19.7. The zero-order chi connectivity index (χ0) is 69.8. The maximum absolute atomic E-state index is 13.1. The molecule has 3 N–H and O–H groups in total. The van der Waals surface area contributed by atoms with Crippen LogP contribution in [-0.4, -0.2) is 96.7 Å². The number of esters is 4. The number of phosphoric acid groups is 2. The molecule has 0 bridgehead atoms. The molecule has 0 aromatic heterocycles. The summed E-state index contributed by atoms with van der Waals surface area (Å²) < 4.78 is 68.5.